The van der Waals surface area contributed by atoms with E-state index < -0.39 is 28.5 Å². The minimum absolute atomic E-state index is 0.133. The molecule has 4 rings (SSSR count). The fourth-order valence-electron chi connectivity index (χ4n) is 3.65. The number of rotatable bonds is 6. The van der Waals surface area contributed by atoms with Crippen LogP contribution in [-0.4, -0.2) is 62.5 Å². The number of esters is 1. The number of pyridine rings is 1. The monoisotopic (exact) mass is 483 g/mol. The Bertz CT molecular complexity index is 1330. The second-order valence-electron chi connectivity index (χ2n) is 7.98. The van der Waals surface area contributed by atoms with Gasteiger partial charge in [0, 0.05) is 24.2 Å². The number of hydrogen-bond acceptors (Lipinski definition) is 7. The summed E-state index contributed by atoms with van der Waals surface area (Å²) < 4.78 is 37.1. The molecule has 1 amide bonds. The molecule has 1 saturated heterocycles. The normalized spacial score (nSPS) is 14.6. The Morgan fingerprint density at radius 2 is 1.76 bits per heavy atom. The molecule has 0 spiro atoms. The summed E-state index contributed by atoms with van der Waals surface area (Å²) in [7, 11) is -3.62. The lowest BCUT2D eigenvalue weighted by atomic mass is 10.1. The molecule has 9 nitrogen and oxygen atoms in total. The summed E-state index contributed by atoms with van der Waals surface area (Å²) >= 11 is 0. The smallest absolute Gasteiger partial charge is 0.340 e. The maximum atomic E-state index is 12.7. The van der Waals surface area contributed by atoms with Gasteiger partial charge in [0.25, 0.3) is 5.91 Å². The van der Waals surface area contributed by atoms with Gasteiger partial charge in [-0.2, -0.15) is 4.31 Å². The van der Waals surface area contributed by atoms with Crippen molar-refractivity contribution in [2.24, 2.45) is 0 Å². The Hall–Kier alpha value is -3.34. The summed E-state index contributed by atoms with van der Waals surface area (Å²) in [6, 6.07) is 13.3. The number of anilines is 1. The molecule has 178 valence electrons. The summed E-state index contributed by atoms with van der Waals surface area (Å²) in [5.41, 5.74) is 3.01. The molecule has 0 bridgehead atoms. The van der Waals surface area contributed by atoms with Crippen LogP contribution >= 0.6 is 0 Å². The minimum Gasteiger partial charge on any atom is -0.452 e. The average molecular weight is 484 g/mol. The van der Waals surface area contributed by atoms with Crippen molar-refractivity contribution in [2.75, 3.05) is 38.2 Å². The van der Waals surface area contributed by atoms with Crippen LogP contribution in [0.4, 0.5) is 5.69 Å². The lowest BCUT2D eigenvalue weighted by Crippen LogP contribution is -2.40. The summed E-state index contributed by atoms with van der Waals surface area (Å²) in [5.74, 6) is -1.19. The van der Waals surface area contributed by atoms with Gasteiger partial charge in [-0.05, 0) is 56.3 Å². The van der Waals surface area contributed by atoms with E-state index in [1.54, 1.807) is 13.0 Å². The minimum atomic E-state index is -3.62. The first-order valence-electron chi connectivity index (χ1n) is 10.8. The molecule has 0 saturated carbocycles. The fourth-order valence-corrected chi connectivity index (χ4v) is 5.06. The highest BCUT2D eigenvalue weighted by atomic mass is 32.2. The molecular weight excluding hydrogens is 458 g/mol. The zero-order valence-electron chi connectivity index (χ0n) is 18.9. The van der Waals surface area contributed by atoms with Gasteiger partial charge < -0.3 is 14.8 Å². The number of aromatic nitrogens is 1. The van der Waals surface area contributed by atoms with Crippen LogP contribution in [0, 0.1) is 13.8 Å². The lowest BCUT2D eigenvalue weighted by Gasteiger charge is -2.26. The molecule has 10 heteroatoms. The van der Waals surface area contributed by atoms with Crippen molar-refractivity contribution in [1.82, 2.24) is 9.29 Å². The largest absolute Gasteiger partial charge is 0.452 e. The standard InChI is InChI=1S/C24H25N3O6S/c1-16-3-8-22-18(13-16)14-21(17(2)25-22)24(29)33-15-23(28)26-19-4-6-20(7-5-19)34(30,31)27-9-11-32-12-10-27/h3-8,13-14H,9-12,15H2,1-2H3,(H,26,28). The molecule has 3 aromatic rings. The number of fused-ring (bicyclic) bond motifs is 1. The molecule has 34 heavy (non-hydrogen) atoms. The van der Waals surface area contributed by atoms with E-state index in [-0.39, 0.29) is 4.90 Å². The first kappa shape index (κ1) is 23.8. The van der Waals surface area contributed by atoms with Crippen LogP contribution in [0.2, 0.25) is 0 Å². The number of benzene rings is 2. The van der Waals surface area contributed by atoms with Gasteiger partial charge >= 0.3 is 5.97 Å². The van der Waals surface area contributed by atoms with Crippen molar-refractivity contribution in [1.29, 1.82) is 0 Å². The number of sulfonamides is 1. The van der Waals surface area contributed by atoms with Crippen molar-refractivity contribution in [2.45, 2.75) is 18.7 Å². The topological polar surface area (TPSA) is 115 Å². The molecule has 1 fully saturated rings. The number of carbonyl (C=O) groups is 2. The number of amides is 1. The maximum absolute atomic E-state index is 12.7. The molecule has 2 aromatic carbocycles. The molecule has 1 aliphatic rings. The van der Waals surface area contributed by atoms with E-state index in [0.717, 1.165) is 16.5 Å². The zero-order chi connectivity index (χ0) is 24.3. The van der Waals surface area contributed by atoms with Gasteiger partial charge in [0.1, 0.15) is 0 Å². The quantitative estimate of drug-likeness (QED) is 0.536. The fraction of sp³-hybridized carbons (Fsp3) is 0.292. The number of morpholine rings is 1. The molecule has 0 aliphatic carbocycles. The van der Waals surface area contributed by atoms with Crippen LogP contribution in [0.5, 0.6) is 0 Å². The van der Waals surface area contributed by atoms with E-state index in [1.165, 1.54) is 28.6 Å². The number of aryl methyl sites for hydroxylation is 2. The second-order valence-corrected chi connectivity index (χ2v) is 9.92. The van der Waals surface area contributed by atoms with Gasteiger partial charge in [-0.15, -0.1) is 0 Å². The maximum Gasteiger partial charge on any atom is 0.340 e. The molecule has 1 aromatic heterocycles. The van der Waals surface area contributed by atoms with Crippen LogP contribution in [0.25, 0.3) is 10.9 Å². The zero-order valence-corrected chi connectivity index (χ0v) is 19.7. The van der Waals surface area contributed by atoms with Crippen molar-refractivity contribution in [3.05, 3.63) is 65.4 Å². The van der Waals surface area contributed by atoms with Crippen molar-refractivity contribution >= 4 is 38.5 Å². The predicted octanol–water partition coefficient (Wildman–Crippen LogP) is 2.67. The molecule has 1 N–H and O–H groups in total. The van der Waals surface area contributed by atoms with E-state index in [9.17, 15) is 18.0 Å². The number of hydrogen-bond donors (Lipinski definition) is 1. The molecule has 0 unspecified atom stereocenters. The van der Waals surface area contributed by atoms with Gasteiger partial charge in [0.2, 0.25) is 10.0 Å². The molecule has 0 radical (unpaired) electrons. The Balaban J connectivity index is 1.36. The number of nitrogens with one attached hydrogen (secondary N) is 1. The third-order valence-electron chi connectivity index (χ3n) is 5.46. The van der Waals surface area contributed by atoms with E-state index in [4.69, 9.17) is 9.47 Å². The molecule has 2 heterocycles. The SMILES string of the molecule is Cc1ccc2nc(C)c(C(=O)OCC(=O)Nc3ccc(S(=O)(=O)N4CCOCC4)cc3)cc2c1. The first-order chi connectivity index (χ1) is 16.2. The Morgan fingerprint density at radius 1 is 1.06 bits per heavy atom. The van der Waals surface area contributed by atoms with Gasteiger partial charge in [-0.3, -0.25) is 9.78 Å². The van der Waals surface area contributed by atoms with Crippen molar-refractivity contribution in [3.63, 3.8) is 0 Å². The highest BCUT2D eigenvalue weighted by Crippen LogP contribution is 2.20. The molecule has 0 atom stereocenters. The van der Waals surface area contributed by atoms with Crippen molar-refractivity contribution in [3.8, 4) is 0 Å². The van der Waals surface area contributed by atoms with E-state index in [2.05, 4.69) is 10.3 Å². The predicted molar refractivity (Wildman–Crippen MR) is 126 cm³/mol. The highest BCUT2D eigenvalue weighted by Gasteiger charge is 2.26. The third-order valence-corrected chi connectivity index (χ3v) is 7.37. The van der Waals surface area contributed by atoms with Gasteiger partial charge in [0.05, 0.1) is 34.9 Å². The van der Waals surface area contributed by atoms with Gasteiger partial charge in [-0.25, -0.2) is 13.2 Å². The Morgan fingerprint density at radius 3 is 2.47 bits per heavy atom. The Labute approximate surface area is 197 Å². The summed E-state index contributed by atoms with van der Waals surface area (Å²) in [5, 5.41) is 3.41. The average Bonchev–Trinajstić information content (AvgIpc) is 2.83. The summed E-state index contributed by atoms with van der Waals surface area (Å²) in [6.45, 7) is 4.50. The summed E-state index contributed by atoms with van der Waals surface area (Å²) in [6.07, 6.45) is 0. The van der Waals surface area contributed by atoms with Crippen LogP contribution in [-0.2, 0) is 24.3 Å². The molecule has 1 aliphatic heterocycles. The van der Waals surface area contributed by atoms with E-state index in [0.29, 0.717) is 43.2 Å². The van der Waals surface area contributed by atoms with Gasteiger partial charge in [0.15, 0.2) is 6.61 Å². The van der Waals surface area contributed by atoms with Crippen LogP contribution in [0.1, 0.15) is 21.6 Å². The van der Waals surface area contributed by atoms with Crippen molar-refractivity contribution < 1.29 is 27.5 Å². The second kappa shape index (κ2) is 9.88. The van der Waals surface area contributed by atoms with E-state index in [1.807, 2.05) is 25.1 Å². The van der Waals surface area contributed by atoms with Crippen LogP contribution in [0.3, 0.4) is 0 Å². The van der Waals surface area contributed by atoms with Crippen LogP contribution < -0.4 is 5.32 Å². The third kappa shape index (κ3) is 5.24. The number of carbonyl (C=O) groups excluding carboxylic acids is 2. The van der Waals surface area contributed by atoms with Crippen LogP contribution in [0.15, 0.2) is 53.4 Å². The van der Waals surface area contributed by atoms with E-state index >= 15 is 0 Å². The Kier molecular flexibility index (Phi) is 6.92. The number of nitrogens with zero attached hydrogens (tertiary/aromatic N) is 2. The van der Waals surface area contributed by atoms with Gasteiger partial charge in [-0.1, -0.05) is 11.6 Å². The summed E-state index contributed by atoms with van der Waals surface area (Å²) in [4.78, 5) is 29.4. The lowest BCUT2D eigenvalue weighted by molar-refractivity contribution is -0.119. The number of ether oxygens (including phenoxy) is 2. The molecular formula is C24H25N3O6S. The first-order valence-corrected chi connectivity index (χ1v) is 12.2. The highest BCUT2D eigenvalue weighted by molar-refractivity contribution is 7.89.